The predicted molar refractivity (Wildman–Crippen MR) is 62.1 cm³/mol. The zero-order valence-electron chi connectivity index (χ0n) is 9.15. The van der Waals surface area contributed by atoms with Gasteiger partial charge in [0.15, 0.2) is 0 Å². The lowest BCUT2D eigenvalue weighted by molar-refractivity contribution is 0.198. The number of aliphatic hydroxyl groups is 1. The summed E-state index contributed by atoms with van der Waals surface area (Å²) in [6.07, 6.45) is 4.64. The normalized spacial score (nSPS) is 16.2. The van der Waals surface area contributed by atoms with Gasteiger partial charge in [-0.05, 0) is 19.4 Å². The Bertz CT molecular complexity index is 309. The Hall–Kier alpha value is -0.450. The number of aromatic nitrogens is 1. The molecule has 0 radical (unpaired) electrons. The van der Waals surface area contributed by atoms with E-state index in [0.717, 1.165) is 25.6 Å². The fraction of sp³-hybridized carbons (Fsp3) is 0.727. The van der Waals surface area contributed by atoms with Gasteiger partial charge in [-0.2, -0.15) is 0 Å². The van der Waals surface area contributed by atoms with Crippen molar-refractivity contribution in [2.24, 2.45) is 0 Å². The van der Waals surface area contributed by atoms with E-state index in [1.54, 1.807) is 0 Å². The van der Waals surface area contributed by atoms with Crippen molar-refractivity contribution in [3.8, 4) is 0 Å². The van der Waals surface area contributed by atoms with Crippen LogP contribution in [0.2, 0.25) is 0 Å². The fourth-order valence-electron chi connectivity index (χ4n) is 1.63. The second-order valence-corrected chi connectivity index (χ2v) is 5.18. The van der Waals surface area contributed by atoms with E-state index in [2.05, 4.69) is 16.8 Å². The monoisotopic (exact) mass is 226 g/mol. The third kappa shape index (κ3) is 3.00. The first kappa shape index (κ1) is 11.0. The Labute approximate surface area is 94.8 Å². The minimum absolute atomic E-state index is 0.238. The molecule has 0 atom stereocenters. The van der Waals surface area contributed by atoms with Crippen LogP contribution in [-0.4, -0.2) is 34.7 Å². The summed E-state index contributed by atoms with van der Waals surface area (Å²) in [5.74, 6) is 0.761. The van der Waals surface area contributed by atoms with Gasteiger partial charge in [0.25, 0.3) is 0 Å². The molecule has 1 fully saturated rings. The lowest BCUT2D eigenvalue weighted by Crippen LogP contribution is -2.25. The number of rotatable bonds is 6. The van der Waals surface area contributed by atoms with Crippen molar-refractivity contribution in [2.45, 2.75) is 32.2 Å². The summed E-state index contributed by atoms with van der Waals surface area (Å²) < 4.78 is 0. The average Bonchev–Trinajstić information content (AvgIpc) is 2.99. The average molecular weight is 226 g/mol. The zero-order chi connectivity index (χ0) is 10.7. The van der Waals surface area contributed by atoms with Crippen LogP contribution in [0.25, 0.3) is 0 Å². The van der Waals surface area contributed by atoms with Crippen LogP contribution in [0, 0.1) is 0 Å². The van der Waals surface area contributed by atoms with E-state index in [4.69, 9.17) is 5.11 Å². The molecule has 4 heteroatoms. The number of thiazole rings is 1. The summed E-state index contributed by atoms with van der Waals surface area (Å²) in [6.45, 7) is 5.03. The number of aliphatic hydroxyl groups excluding tert-OH is 1. The molecule has 2 rings (SSSR count). The van der Waals surface area contributed by atoms with Gasteiger partial charge in [0.1, 0.15) is 0 Å². The lowest BCUT2D eigenvalue weighted by Gasteiger charge is -2.17. The van der Waals surface area contributed by atoms with Crippen LogP contribution in [-0.2, 0) is 6.54 Å². The number of hydrogen-bond acceptors (Lipinski definition) is 4. The highest BCUT2D eigenvalue weighted by molar-refractivity contribution is 7.11. The second-order valence-electron chi connectivity index (χ2n) is 4.03. The number of nitrogens with zero attached hydrogens (tertiary/aromatic N) is 2. The Morgan fingerprint density at radius 2 is 2.40 bits per heavy atom. The highest BCUT2D eigenvalue weighted by atomic mass is 32.1. The Morgan fingerprint density at radius 3 is 3.00 bits per heavy atom. The molecule has 0 aromatic carbocycles. The van der Waals surface area contributed by atoms with Crippen molar-refractivity contribution in [1.29, 1.82) is 0 Å². The standard InChI is InChI=1S/C11H18N2OS/c1-2-13(5-6-14)8-10-7-12-11(15-10)9-3-4-9/h7,9,14H,2-6,8H2,1H3. The summed E-state index contributed by atoms with van der Waals surface area (Å²) >= 11 is 1.84. The smallest absolute Gasteiger partial charge is 0.0959 e. The van der Waals surface area contributed by atoms with E-state index < -0.39 is 0 Å². The van der Waals surface area contributed by atoms with E-state index in [1.165, 1.54) is 22.7 Å². The molecular formula is C11H18N2OS. The second kappa shape index (κ2) is 5.05. The summed E-state index contributed by atoms with van der Waals surface area (Å²) in [5.41, 5.74) is 0. The van der Waals surface area contributed by atoms with Gasteiger partial charge in [-0.3, -0.25) is 4.90 Å². The van der Waals surface area contributed by atoms with E-state index >= 15 is 0 Å². The molecule has 1 heterocycles. The third-order valence-electron chi connectivity index (χ3n) is 2.74. The van der Waals surface area contributed by atoms with Gasteiger partial charge in [0.05, 0.1) is 11.6 Å². The molecule has 1 aromatic rings. The molecule has 0 saturated heterocycles. The largest absolute Gasteiger partial charge is 0.395 e. The molecule has 15 heavy (non-hydrogen) atoms. The maximum Gasteiger partial charge on any atom is 0.0959 e. The molecule has 0 aliphatic heterocycles. The molecule has 1 aromatic heterocycles. The Morgan fingerprint density at radius 1 is 1.60 bits per heavy atom. The molecular weight excluding hydrogens is 208 g/mol. The Kier molecular flexibility index (Phi) is 3.72. The summed E-state index contributed by atoms with van der Waals surface area (Å²) in [6, 6.07) is 0. The van der Waals surface area contributed by atoms with Gasteiger partial charge in [-0.1, -0.05) is 6.92 Å². The first-order valence-electron chi connectivity index (χ1n) is 5.61. The van der Waals surface area contributed by atoms with Crippen LogP contribution in [0.1, 0.15) is 35.6 Å². The molecule has 1 aliphatic rings. The first-order chi connectivity index (χ1) is 7.33. The fourth-order valence-corrected chi connectivity index (χ4v) is 2.75. The van der Waals surface area contributed by atoms with E-state index in [1.807, 2.05) is 17.5 Å². The van der Waals surface area contributed by atoms with E-state index in [0.29, 0.717) is 0 Å². The highest BCUT2D eigenvalue weighted by Crippen LogP contribution is 2.41. The molecule has 84 valence electrons. The van der Waals surface area contributed by atoms with Crippen LogP contribution in [0.15, 0.2) is 6.20 Å². The highest BCUT2D eigenvalue weighted by Gasteiger charge is 2.26. The molecule has 3 nitrogen and oxygen atoms in total. The van der Waals surface area contributed by atoms with Crippen molar-refractivity contribution in [2.75, 3.05) is 19.7 Å². The van der Waals surface area contributed by atoms with Gasteiger partial charge >= 0.3 is 0 Å². The summed E-state index contributed by atoms with van der Waals surface area (Å²) in [4.78, 5) is 8.02. The number of hydrogen-bond donors (Lipinski definition) is 1. The molecule has 0 unspecified atom stereocenters. The predicted octanol–water partition coefficient (Wildman–Crippen LogP) is 1.83. The van der Waals surface area contributed by atoms with E-state index in [-0.39, 0.29) is 6.61 Å². The number of likely N-dealkylation sites (N-methyl/N-ethyl adjacent to an activating group) is 1. The van der Waals surface area contributed by atoms with Crippen LogP contribution in [0.4, 0.5) is 0 Å². The zero-order valence-corrected chi connectivity index (χ0v) is 9.96. The van der Waals surface area contributed by atoms with Gasteiger partial charge in [-0.25, -0.2) is 4.98 Å². The molecule has 1 saturated carbocycles. The van der Waals surface area contributed by atoms with Crippen molar-refractivity contribution in [3.63, 3.8) is 0 Å². The minimum atomic E-state index is 0.238. The van der Waals surface area contributed by atoms with Crippen molar-refractivity contribution >= 4 is 11.3 Å². The van der Waals surface area contributed by atoms with Gasteiger partial charge in [0.2, 0.25) is 0 Å². The maximum atomic E-state index is 8.90. The Balaban J connectivity index is 1.90. The van der Waals surface area contributed by atoms with Gasteiger partial charge < -0.3 is 5.11 Å². The quantitative estimate of drug-likeness (QED) is 0.804. The third-order valence-corrected chi connectivity index (χ3v) is 3.89. The van der Waals surface area contributed by atoms with E-state index in [9.17, 15) is 0 Å². The maximum absolute atomic E-state index is 8.90. The van der Waals surface area contributed by atoms with Crippen LogP contribution >= 0.6 is 11.3 Å². The van der Waals surface area contributed by atoms with Gasteiger partial charge in [-0.15, -0.1) is 11.3 Å². The molecule has 0 bridgehead atoms. The van der Waals surface area contributed by atoms with Crippen molar-refractivity contribution < 1.29 is 5.11 Å². The van der Waals surface area contributed by atoms with Gasteiger partial charge in [0, 0.05) is 30.1 Å². The van der Waals surface area contributed by atoms with Crippen LogP contribution in [0.3, 0.4) is 0 Å². The first-order valence-corrected chi connectivity index (χ1v) is 6.43. The summed E-state index contributed by atoms with van der Waals surface area (Å²) in [5, 5.41) is 10.2. The lowest BCUT2D eigenvalue weighted by atomic mass is 10.4. The van der Waals surface area contributed by atoms with Crippen LogP contribution in [0.5, 0.6) is 0 Å². The minimum Gasteiger partial charge on any atom is -0.395 e. The molecule has 1 N–H and O–H groups in total. The van der Waals surface area contributed by atoms with Crippen LogP contribution < -0.4 is 0 Å². The summed E-state index contributed by atoms with van der Waals surface area (Å²) in [7, 11) is 0. The van der Waals surface area contributed by atoms with Crippen molar-refractivity contribution in [3.05, 3.63) is 16.1 Å². The van der Waals surface area contributed by atoms with Crippen molar-refractivity contribution in [1.82, 2.24) is 9.88 Å². The molecule has 0 spiro atoms. The SMILES string of the molecule is CCN(CCO)Cc1cnc(C2CC2)s1. The topological polar surface area (TPSA) is 36.4 Å². The molecule has 0 amide bonds. The molecule has 1 aliphatic carbocycles.